The van der Waals surface area contributed by atoms with Gasteiger partial charge in [0, 0.05) is 0 Å². The van der Waals surface area contributed by atoms with E-state index in [1.165, 1.54) is 20.8 Å². The van der Waals surface area contributed by atoms with Crippen molar-refractivity contribution < 1.29 is 38.1 Å². The van der Waals surface area contributed by atoms with Crippen LogP contribution in [0.1, 0.15) is 40.8 Å². The van der Waals surface area contributed by atoms with Gasteiger partial charge in [-0.05, 0) is 46.8 Å². The Balaban J connectivity index is 2.14. The third-order valence-electron chi connectivity index (χ3n) is 4.39. The summed E-state index contributed by atoms with van der Waals surface area (Å²) in [5.41, 5.74) is -2.16. The Labute approximate surface area is 201 Å². The van der Waals surface area contributed by atoms with Crippen LogP contribution in [0.5, 0.6) is 17.4 Å². The van der Waals surface area contributed by atoms with E-state index in [0.717, 1.165) is 0 Å². The molecule has 0 saturated carbocycles. The SMILES string of the molecule is CC(C)OC(=O)[C@H](C)NP(=O)(OCC(C)OC(C)n1c(O)c(O)c(=O)[nH]c1=O)Oc1ccccc1. The van der Waals surface area contributed by atoms with E-state index in [2.05, 4.69) is 5.09 Å². The Bertz CT molecular complexity index is 1160. The lowest BCUT2D eigenvalue weighted by atomic mass is 10.3. The zero-order chi connectivity index (χ0) is 26.3. The van der Waals surface area contributed by atoms with Crippen LogP contribution >= 0.6 is 7.75 Å². The summed E-state index contributed by atoms with van der Waals surface area (Å²) in [7, 11) is -4.13. The second kappa shape index (κ2) is 12.0. The number of aromatic nitrogens is 2. The molecule has 4 atom stereocenters. The minimum atomic E-state index is -4.13. The molecule has 4 N–H and O–H groups in total. The highest BCUT2D eigenvalue weighted by Gasteiger charge is 2.33. The average molecular weight is 515 g/mol. The summed E-state index contributed by atoms with van der Waals surface area (Å²) in [5.74, 6) is -2.46. The average Bonchev–Trinajstić information content (AvgIpc) is 2.76. The fraction of sp³-hybridized carbons (Fsp3) is 0.476. The number of ether oxygens (including phenoxy) is 2. The number of benzene rings is 1. The van der Waals surface area contributed by atoms with Gasteiger partial charge in [0.05, 0.1) is 18.8 Å². The van der Waals surface area contributed by atoms with Crippen molar-refractivity contribution in [2.24, 2.45) is 0 Å². The van der Waals surface area contributed by atoms with Crippen molar-refractivity contribution in [3.05, 3.63) is 51.2 Å². The lowest BCUT2D eigenvalue weighted by molar-refractivity contribution is -0.149. The third-order valence-corrected chi connectivity index (χ3v) is 6.04. The van der Waals surface area contributed by atoms with Crippen LogP contribution in [0.2, 0.25) is 0 Å². The topological polar surface area (TPSA) is 178 Å². The number of hydrogen-bond donors (Lipinski definition) is 4. The zero-order valence-corrected chi connectivity index (χ0v) is 20.9. The highest BCUT2D eigenvalue weighted by atomic mass is 31.2. The molecule has 35 heavy (non-hydrogen) atoms. The van der Waals surface area contributed by atoms with Gasteiger partial charge in [-0.15, -0.1) is 0 Å². The molecular formula is C21H30N3O10P. The molecule has 0 aliphatic heterocycles. The lowest BCUT2D eigenvalue weighted by Crippen LogP contribution is -2.37. The van der Waals surface area contributed by atoms with E-state index in [4.69, 9.17) is 18.5 Å². The molecule has 194 valence electrons. The highest BCUT2D eigenvalue weighted by molar-refractivity contribution is 7.52. The Morgan fingerprint density at radius 2 is 1.74 bits per heavy atom. The number of nitrogens with zero attached hydrogens (tertiary/aromatic N) is 1. The van der Waals surface area contributed by atoms with Gasteiger partial charge in [0.25, 0.3) is 5.56 Å². The van der Waals surface area contributed by atoms with Crippen LogP contribution in [-0.4, -0.2) is 50.6 Å². The number of carbonyl (C=O) groups excluding carboxylic acids is 1. The largest absolute Gasteiger partial charge is 0.499 e. The number of aromatic amines is 1. The zero-order valence-electron chi connectivity index (χ0n) is 20.0. The Morgan fingerprint density at radius 3 is 2.34 bits per heavy atom. The van der Waals surface area contributed by atoms with Crippen molar-refractivity contribution in [3.8, 4) is 17.4 Å². The maximum atomic E-state index is 13.4. The third kappa shape index (κ3) is 7.96. The van der Waals surface area contributed by atoms with Crippen LogP contribution < -0.4 is 20.9 Å². The van der Waals surface area contributed by atoms with Crippen molar-refractivity contribution in [1.29, 1.82) is 0 Å². The number of carbonyl (C=O) groups is 1. The molecule has 0 radical (unpaired) electrons. The van der Waals surface area contributed by atoms with Gasteiger partial charge in [0.1, 0.15) is 18.0 Å². The second-order valence-corrected chi connectivity index (χ2v) is 9.58. The van der Waals surface area contributed by atoms with Gasteiger partial charge in [0.2, 0.25) is 11.6 Å². The quantitative estimate of drug-likeness (QED) is 0.240. The standard InChI is InChI=1S/C21H30N3O10P/c1-12(2)32-20(28)14(4)23-35(30,34-16-9-7-6-8-10-16)31-11-13(3)33-15(5)24-19(27)17(25)18(26)22-21(24)29/h6-10,12-15,25,27H,11H2,1-5H3,(H,23,30)(H,22,26,29)/t13?,14-,15?,35?/m0/s1. The van der Waals surface area contributed by atoms with Crippen molar-refractivity contribution in [2.75, 3.05) is 6.61 Å². The number of esters is 1. The Hall–Kier alpha value is -3.12. The molecule has 0 aliphatic rings. The summed E-state index contributed by atoms with van der Waals surface area (Å²) in [6, 6.07) is 7.11. The molecule has 3 unspecified atom stereocenters. The molecule has 2 rings (SSSR count). The monoisotopic (exact) mass is 515 g/mol. The van der Waals surface area contributed by atoms with Gasteiger partial charge in [-0.3, -0.25) is 19.1 Å². The summed E-state index contributed by atoms with van der Waals surface area (Å²) in [5, 5.41) is 22.1. The van der Waals surface area contributed by atoms with E-state index < -0.39 is 55.0 Å². The molecule has 13 nitrogen and oxygen atoms in total. The van der Waals surface area contributed by atoms with Crippen molar-refractivity contribution in [3.63, 3.8) is 0 Å². The number of hydrogen-bond acceptors (Lipinski definition) is 10. The first-order chi connectivity index (χ1) is 16.3. The lowest BCUT2D eigenvalue weighted by Gasteiger charge is -2.26. The Morgan fingerprint density at radius 1 is 1.11 bits per heavy atom. The molecule has 0 aliphatic carbocycles. The first-order valence-electron chi connectivity index (χ1n) is 10.7. The summed E-state index contributed by atoms with van der Waals surface area (Å²) < 4.78 is 35.8. The van der Waals surface area contributed by atoms with Gasteiger partial charge in [-0.25, -0.2) is 13.9 Å². The molecule has 1 aromatic heterocycles. The number of para-hydroxylation sites is 1. The van der Waals surface area contributed by atoms with Crippen LogP contribution in [0, 0.1) is 0 Å². The molecule has 0 saturated heterocycles. The summed E-state index contributed by atoms with van der Waals surface area (Å²) in [4.78, 5) is 37.5. The smallest absolute Gasteiger partial charge is 0.459 e. The molecule has 2 aromatic rings. The fourth-order valence-electron chi connectivity index (χ4n) is 2.84. The first-order valence-corrected chi connectivity index (χ1v) is 12.3. The molecule has 1 aromatic carbocycles. The maximum Gasteiger partial charge on any atom is 0.459 e. The van der Waals surface area contributed by atoms with Crippen LogP contribution in [-0.2, 0) is 23.4 Å². The fourth-order valence-corrected chi connectivity index (χ4v) is 4.40. The molecule has 0 spiro atoms. The number of H-pyrrole nitrogens is 1. The maximum absolute atomic E-state index is 13.4. The first kappa shape index (κ1) is 28.1. The van der Waals surface area contributed by atoms with Crippen LogP contribution in [0.15, 0.2) is 39.9 Å². The van der Waals surface area contributed by atoms with E-state index >= 15 is 0 Å². The van der Waals surface area contributed by atoms with Crippen molar-refractivity contribution in [1.82, 2.24) is 14.6 Å². The predicted molar refractivity (Wildman–Crippen MR) is 124 cm³/mol. The van der Waals surface area contributed by atoms with E-state index in [1.54, 1.807) is 44.2 Å². The minimum absolute atomic E-state index is 0.217. The summed E-state index contributed by atoms with van der Waals surface area (Å²) in [6.07, 6.45) is -2.38. The number of nitrogens with one attached hydrogen (secondary N) is 2. The van der Waals surface area contributed by atoms with E-state index in [-0.39, 0.29) is 18.5 Å². The van der Waals surface area contributed by atoms with Crippen LogP contribution in [0.3, 0.4) is 0 Å². The second-order valence-electron chi connectivity index (χ2n) is 7.88. The molecular weight excluding hydrogens is 485 g/mol. The summed E-state index contributed by atoms with van der Waals surface area (Å²) in [6.45, 7) is 7.34. The van der Waals surface area contributed by atoms with Crippen LogP contribution in [0.4, 0.5) is 0 Å². The van der Waals surface area contributed by atoms with Gasteiger partial charge in [-0.2, -0.15) is 5.09 Å². The number of rotatable bonds is 12. The molecule has 0 fully saturated rings. The van der Waals surface area contributed by atoms with E-state index in [9.17, 15) is 29.2 Å². The van der Waals surface area contributed by atoms with Crippen molar-refractivity contribution in [2.45, 2.75) is 59.1 Å². The van der Waals surface area contributed by atoms with Crippen molar-refractivity contribution >= 4 is 13.7 Å². The molecule has 0 amide bonds. The summed E-state index contributed by atoms with van der Waals surface area (Å²) >= 11 is 0. The normalized spacial score (nSPS) is 15.7. The minimum Gasteiger partial charge on any atom is -0.499 e. The van der Waals surface area contributed by atoms with Gasteiger partial charge in [-0.1, -0.05) is 18.2 Å². The van der Waals surface area contributed by atoms with Gasteiger partial charge >= 0.3 is 19.4 Å². The number of aromatic hydroxyl groups is 2. The van der Waals surface area contributed by atoms with Gasteiger partial charge in [0.15, 0.2) is 0 Å². The molecule has 1 heterocycles. The Kier molecular flexibility index (Phi) is 9.66. The predicted octanol–water partition coefficient (Wildman–Crippen LogP) is 2.00. The molecule has 14 heteroatoms. The van der Waals surface area contributed by atoms with Gasteiger partial charge < -0.3 is 24.2 Å². The van der Waals surface area contributed by atoms with E-state index in [0.29, 0.717) is 4.57 Å². The van der Waals surface area contributed by atoms with Crippen LogP contribution in [0.25, 0.3) is 0 Å². The molecule has 0 bridgehead atoms. The van der Waals surface area contributed by atoms with E-state index in [1.807, 2.05) is 4.98 Å². The highest BCUT2D eigenvalue weighted by Crippen LogP contribution is 2.45.